The zero-order valence-corrected chi connectivity index (χ0v) is 29.5. The third kappa shape index (κ3) is 7.57. The molecular formula is C37H38B3N3O6S. The molecule has 3 atom stereocenters. The summed E-state index contributed by atoms with van der Waals surface area (Å²) in [5.41, 5.74) is 7.79. The van der Waals surface area contributed by atoms with E-state index in [1.807, 2.05) is 61.5 Å². The van der Waals surface area contributed by atoms with E-state index in [0.717, 1.165) is 16.7 Å². The van der Waals surface area contributed by atoms with Crippen LogP contribution < -0.4 is 25.4 Å². The number of benzene rings is 4. The van der Waals surface area contributed by atoms with Crippen LogP contribution in [0.5, 0.6) is 11.5 Å². The highest BCUT2D eigenvalue weighted by molar-refractivity contribution is 8.01. The van der Waals surface area contributed by atoms with Crippen LogP contribution in [0.2, 0.25) is 5.21 Å². The molecule has 3 amide bonds. The summed E-state index contributed by atoms with van der Waals surface area (Å²) in [6, 6.07) is 29.1. The van der Waals surface area contributed by atoms with E-state index in [2.05, 4.69) is 17.2 Å². The van der Waals surface area contributed by atoms with Gasteiger partial charge in [0, 0.05) is 34.1 Å². The van der Waals surface area contributed by atoms with Crippen LogP contribution in [0.3, 0.4) is 0 Å². The maximum atomic E-state index is 14.1. The largest absolute Gasteiger partial charge is 0.493 e. The summed E-state index contributed by atoms with van der Waals surface area (Å²) in [7, 11) is 6.43. The maximum absolute atomic E-state index is 14.1. The highest BCUT2D eigenvalue weighted by atomic mass is 32.2. The lowest BCUT2D eigenvalue weighted by Crippen LogP contribution is -2.52. The molecule has 4 N–H and O–H groups in total. The number of aliphatic hydroxyl groups is 1. The van der Waals surface area contributed by atoms with E-state index in [0.29, 0.717) is 29.4 Å². The Morgan fingerprint density at radius 2 is 1.62 bits per heavy atom. The minimum Gasteiger partial charge on any atom is -0.493 e. The van der Waals surface area contributed by atoms with Crippen molar-refractivity contribution >= 4 is 58.7 Å². The Morgan fingerprint density at radius 3 is 2.26 bits per heavy atom. The van der Waals surface area contributed by atoms with Crippen molar-refractivity contribution in [2.24, 2.45) is 5.73 Å². The van der Waals surface area contributed by atoms with Crippen LogP contribution >= 0.6 is 11.8 Å². The van der Waals surface area contributed by atoms with Gasteiger partial charge in [-0.3, -0.25) is 19.3 Å². The Kier molecular flexibility index (Phi) is 11.0. The van der Waals surface area contributed by atoms with Gasteiger partial charge in [0.2, 0.25) is 17.7 Å². The average Bonchev–Trinajstić information content (AvgIpc) is 3.45. The van der Waals surface area contributed by atoms with Crippen molar-refractivity contribution < 1.29 is 29.0 Å². The minimum absolute atomic E-state index is 0.0117. The Hall–Kier alpha value is -5.05. The number of methoxy groups -OCH3 is 1. The van der Waals surface area contributed by atoms with E-state index in [1.165, 1.54) is 18.9 Å². The second kappa shape index (κ2) is 15.2. The van der Waals surface area contributed by atoms with E-state index >= 15 is 0 Å². The summed E-state index contributed by atoms with van der Waals surface area (Å²) in [5.74, 6) is 6.03. The van der Waals surface area contributed by atoms with Crippen molar-refractivity contribution in [1.29, 1.82) is 0 Å². The number of primary amides is 1. The molecule has 1 aliphatic heterocycles. The van der Waals surface area contributed by atoms with Gasteiger partial charge >= 0.3 is 0 Å². The Morgan fingerprint density at radius 1 is 0.940 bits per heavy atom. The van der Waals surface area contributed by atoms with Gasteiger partial charge in [-0.1, -0.05) is 54.3 Å². The fraction of sp³-hybridized carbons (Fsp3) is 0.216. The zero-order valence-electron chi connectivity index (χ0n) is 28.7. The third-order valence-electron chi connectivity index (χ3n) is 9.03. The lowest BCUT2D eigenvalue weighted by Gasteiger charge is -2.40. The first-order chi connectivity index (χ1) is 23.9. The van der Waals surface area contributed by atoms with E-state index in [9.17, 15) is 19.5 Å². The monoisotopic (exact) mass is 685 g/mol. The van der Waals surface area contributed by atoms with E-state index < -0.39 is 33.2 Å². The van der Waals surface area contributed by atoms with E-state index in [-0.39, 0.29) is 18.0 Å². The lowest BCUT2D eigenvalue weighted by atomic mass is 9.39. The van der Waals surface area contributed by atoms with E-state index in [1.54, 1.807) is 70.9 Å². The molecule has 9 nitrogen and oxygen atoms in total. The SMILES string of the molecule is BC(B)(C(=O)NC[C@H]1S[C@@H](c2ccc(C#Cc3ccccc3)cc2)N(c2cccc(C(N)=O)c2)C1=O)C(B)(O)c1ccc(OC)c(OCC)c1. The molecule has 50 heavy (non-hydrogen) atoms. The van der Waals surface area contributed by atoms with Crippen LogP contribution in [0.25, 0.3) is 0 Å². The number of nitrogens with one attached hydrogen (secondary N) is 1. The molecule has 0 bridgehead atoms. The predicted octanol–water partition coefficient (Wildman–Crippen LogP) is 1.72. The van der Waals surface area contributed by atoms with Crippen LogP contribution in [-0.4, -0.2) is 71.9 Å². The smallest absolute Gasteiger partial charge is 0.248 e. The number of carbonyl (C=O) groups is 3. The topological polar surface area (TPSA) is 131 Å². The second-order valence-corrected chi connectivity index (χ2v) is 13.8. The number of rotatable bonds is 11. The summed E-state index contributed by atoms with van der Waals surface area (Å²) < 4.78 is 11.1. The number of hydrogen-bond donors (Lipinski definition) is 3. The van der Waals surface area contributed by atoms with Gasteiger partial charge in [-0.25, -0.2) is 0 Å². The van der Waals surface area contributed by atoms with Crippen molar-refractivity contribution in [2.45, 2.75) is 28.3 Å². The van der Waals surface area contributed by atoms with Gasteiger partial charge in [-0.05, 0) is 72.6 Å². The molecule has 5 rings (SSSR count). The number of carbonyl (C=O) groups excluding carboxylic acids is 3. The number of amides is 3. The molecular weight excluding hydrogens is 647 g/mol. The van der Waals surface area contributed by atoms with Crippen LogP contribution in [0.15, 0.2) is 97.1 Å². The lowest BCUT2D eigenvalue weighted by molar-refractivity contribution is -0.125. The molecule has 13 heteroatoms. The molecule has 4 aromatic carbocycles. The van der Waals surface area contributed by atoms with Crippen molar-refractivity contribution in [3.63, 3.8) is 0 Å². The second-order valence-electron chi connectivity index (χ2n) is 12.5. The normalized spacial score (nSPS) is 16.9. The molecule has 0 radical (unpaired) electrons. The molecule has 1 aliphatic rings. The summed E-state index contributed by atoms with van der Waals surface area (Å²) >= 11 is 1.39. The molecule has 0 spiro atoms. The molecule has 0 aliphatic carbocycles. The summed E-state index contributed by atoms with van der Waals surface area (Å²) in [6.07, 6.45) is 0. The van der Waals surface area contributed by atoms with E-state index in [4.69, 9.17) is 15.2 Å². The van der Waals surface area contributed by atoms with Crippen LogP contribution in [-0.2, 0) is 15.1 Å². The maximum Gasteiger partial charge on any atom is 0.248 e. The molecule has 1 heterocycles. The first-order valence-electron chi connectivity index (χ1n) is 16.2. The summed E-state index contributed by atoms with van der Waals surface area (Å²) in [6.45, 7) is 2.26. The zero-order chi connectivity index (χ0) is 36.1. The number of nitrogens with two attached hydrogens (primary N) is 1. The van der Waals surface area contributed by atoms with Gasteiger partial charge in [-0.2, -0.15) is 0 Å². The Bertz CT molecular complexity index is 1950. The van der Waals surface area contributed by atoms with Crippen LogP contribution in [0.4, 0.5) is 5.69 Å². The number of thioether (sulfide) groups is 1. The number of anilines is 1. The third-order valence-corrected chi connectivity index (χ3v) is 10.5. The van der Waals surface area contributed by atoms with Gasteiger partial charge < -0.3 is 25.6 Å². The first kappa shape index (κ1) is 36.2. The van der Waals surface area contributed by atoms with Crippen LogP contribution in [0.1, 0.15) is 44.9 Å². The van der Waals surface area contributed by atoms with Gasteiger partial charge in [0.1, 0.15) is 34.2 Å². The molecule has 1 saturated heterocycles. The van der Waals surface area contributed by atoms with Crippen molar-refractivity contribution in [3.8, 4) is 23.3 Å². The number of nitrogens with zero attached hydrogens (tertiary/aromatic N) is 1. The van der Waals surface area contributed by atoms with Gasteiger partial charge in [0.15, 0.2) is 11.5 Å². The molecule has 4 aromatic rings. The van der Waals surface area contributed by atoms with Crippen molar-refractivity contribution in [2.75, 3.05) is 25.2 Å². The van der Waals surface area contributed by atoms with Gasteiger partial charge in [0.25, 0.3) is 0 Å². The molecule has 0 saturated carbocycles. The average molecular weight is 685 g/mol. The summed E-state index contributed by atoms with van der Waals surface area (Å²) in [4.78, 5) is 41.5. The standard InChI is InChI=1S/C37H38B3N3O6S/c1-3-49-30-21-27(18-19-29(30)48-2)37(40,47)36(38,39)35(46)42-22-31-33(45)43(28-11-7-10-26(20-28)32(41)44)34(50-31)25-16-14-24(15-17-25)13-12-23-8-5-4-6-9-23/h4-11,14-21,31,34,47H,3,22,38-40H2,1-2H3,(H2,41,44)(H,42,46)/t31-,34+,37?/m1/s1. The Labute approximate surface area is 299 Å². The van der Waals surface area contributed by atoms with Gasteiger partial charge in [0.05, 0.1) is 19.2 Å². The van der Waals surface area contributed by atoms with Crippen molar-refractivity contribution in [3.05, 3.63) is 125 Å². The van der Waals surface area contributed by atoms with Crippen LogP contribution in [0, 0.1) is 11.8 Å². The quantitative estimate of drug-likeness (QED) is 0.162. The van der Waals surface area contributed by atoms with Gasteiger partial charge in [-0.15, -0.1) is 11.8 Å². The molecule has 1 fully saturated rings. The highest BCUT2D eigenvalue weighted by Gasteiger charge is 2.47. The highest BCUT2D eigenvalue weighted by Crippen LogP contribution is 2.46. The number of ether oxygens (including phenoxy) is 2. The van der Waals surface area contributed by atoms with Crippen molar-refractivity contribution in [1.82, 2.24) is 5.32 Å². The Balaban J connectivity index is 1.38. The molecule has 1 unspecified atom stereocenters. The molecule has 252 valence electrons. The molecule has 0 aromatic heterocycles. The number of hydrogen-bond acceptors (Lipinski definition) is 7. The minimum atomic E-state index is -1.61. The first-order valence-corrected chi connectivity index (χ1v) is 17.2. The fourth-order valence-corrected chi connectivity index (χ4v) is 7.00. The fourth-order valence-electron chi connectivity index (χ4n) is 5.61. The summed E-state index contributed by atoms with van der Waals surface area (Å²) in [5, 5.41) is 12.3. The predicted molar refractivity (Wildman–Crippen MR) is 205 cm³/mol.